The van der Waals surface area contributed by atoms with Crippen LogP contribution in [0.4, 0.5) is 14.5 Å². The summed E-state index contributed by atoms with van der Waals surface area (Å²) in [5, 5.41) is 0. The number of hydrogen-bond acceptors (Lipinski definition) is 3. The molecule has 0 saturated heterocycles. The van der Waals surface area contributed by atoms with E-state index in [1.807, 2.05) is 34.6 Å². The van der Waals surface area contributed by atoms with Crippen LogP contribution >= 0.6 is 0 Å². The van der Waals surface area contributed by atoms with Gasteiger partial charge in [0.25, 0.3) is 0 Å². The maximum atomic E-state index is 12.0. The molecule has 1 aliphatic rings. The molecule has 0 amide bonds. The maximum absolute atomic E-state index is 12.0. The van der Waals surface area contributed by atoms with Crippen LogP contribution in [0, 0.1) is 18.3 Å². The molecular weight excluding hydrogens is 420 g/mol. The third-order valence-corrected chi connectivity index (χ3v) is 4.83. The lowest BCUT2D eigenvalue weighted by Crippen LogP contribution is -2.11. The van der Waals surface area contributed by atoms with Crippen molar-refractivity contribution in [3.63, 3.8) is 0 Å². The van der Waals surface area contributed by atoms with Crippen molar-refractivity contribution >= 4 is 17.2 Å². The number of halogens is 2. The molecule has 192 valence electrons. The van der Waals surface area contributed by atoms with E-state index in [-0.39, 0.29) is 11.2 Å². The van der Waals surface area contributed by atoms with Gasteiger partial charge in [0.15, 0.2) is 0 Å². The average molecular weight is 470 g/mol. The Balaban J connectivity index is 0. The SMILES string of the molecule is CC.CC1CCC1.CCC(=O)CC(C)(C)C.CCCC(C)=Nc1ccc(OC(F)F)cc1C. The Morgan fingerprint density at radius 3 is 2.03 bits per heavy atom. The Morgan fingerprint density at radius 1 is 1.18 bits per heavy atom. The van der Waals surface area contributed by atoms with Crippen LogP contribution in [-0.2, 0) is 4.79 Å². The molecule has 1 aromatic carbocycles. The van der Waals surface area contributed by atoms with Crippen LogP contribution in [-0.4, -0.2) is 18.1 Å². The van der Waals surface area contributed by atoms with Crippen molar-refractivity contribution in [3.05, 3.63) is 23.8 Å². The number of aliphatic imine (C=N–C) groups is 1. The summed E-state index contributed by atoms with van der Waals surface area (Å²) in [6.07, 6.45) is 7.83. The quantitative estimate of drug-likeness (QED) is 0.373. The molecule has 0 unspecified atom stereocenters. The third-order valence-electron chi connectivity index (χ3n) is 4.83. The molecule has 0 radical (unpaired) electrons. The summed E-state index contributed by atoms with van der Waals surface area (Å²) >= 11 is 0. The van der Waals surface area contributed by atoms with E-state index >= 15 is 0 Å². The van der Waals surface area contributed by atoms with E-state index < -0.39 is 6.61 Å². The van der Waals surface area contributed by atoms with Crippen LogP contribution in [0.3, 0.4) is 0 Å². The van der Waals surface area contributed by atoms with Gasteiger partial charge < -0.3 is 4.74 Å². The normalized spacial score (nSPS) is 13.4. The van der Waals surface area contributed by atoms with Crippen molar-refractivity contribution in [2.24, 2.45) is 16.3 Å². The molecule has 0 aliphatic heterocycles. The van der Waals surface area contributed by atoms with E-state index in [0.717, 1.165) is 35.7 Å². The predicted molar refractivity (Wildman–Crippen MR) is 139 cm³/mol. The van der Waals surface area contributed by atoms with Crippen molar-refractivity contribution in [2.75, 3.05) is 0 Å². The first-order valence-electron chi connectivity index (χ1n) is 12.5. The van der Waals surface area contributed by atoms with E-state index in [9.17, 15) is 13.6 Å². The molecule has 5 heteroatoms. The molecule has 0 heterocycles. The molecule has 0 bridgehead atoms. The highest BCUT2D eigenvalue weighted by Gasteiger charge is 2.13. The Labute approximate surface area is 202 Å². The van der Waals surface area contributed by atoms with E-state index in [2.05, 4.69) is 44.3 Å². The number of alkyl halides is 2. The van der Waals surface area contributed by atoms with Gasteiger partial charge in [-0.25, -0.2) is 0 Å². The number of carbonyl (C=O) groups is 1. The molecule has 33 heavy (non-hydrogen) atoms. The van der Waals surface area contributed by atoms with Gasteiger partial charge in [-0.05, 0) is 55.4 Å². The standard InChI is InChI=1S/C13H17F2NO.C8H16O.C5H10.C2H6/c1-4-5-10(3)16-12-7-6-11(8-9(12)2)17-13(14)15;1-5-7(9)6-8(2,3)4;1-5-3-2-4-5;1-2/h6-8,13H,4-5H2,1-3H3;5-6H2,1-4H3;5H,2-4H2,1H3;1-2H3. The smallest absolute Gasteiger partial charge is 0.387 e. The molecule has 1 aliphatic carbocycles. The number of hydrogen-bond donors (Lipinski definition) is 0. The highest BCUT2D eigenvalue weighted by atomic mass is 19.3. The number of nitrogens with zero attached hydrogens (tertiary/aromatic N) is 1. The van der Waals surface area contributed by atoms with Crippen LogP contribution in [0.1, 0.15) is 113 Å². The van der Waals surface area contributed by atoms with E-state index in [0.29, 0.717) is 18.6 Å². The monoisotopic (exact) mass is 469 g/mol. The molecule has 0 atom stereocenters. The van der Waals surface area contributed by atoms with Crippen LogP contribution in [0.5, 0.6) is 5.75 Å². The van der Waals surface area contributed by atoms with Crippen molar-refractivity contribution in [1.29, 1.82) is 0 Å². The summed E-state index contributed by atoms with van der Waals surface area (Å²) < 4.78 is 28.3. The molecule has 1 fully saturated rings. The zero-order chi connectivity index (χ0) is 26.0. The number of benzene rings is 1. The number of rotatable bonds is 7. The number of aryl methyl sites for hydroxylation is 1. The van der Waals surface area contributed by atoms with Gasteiger partial charge in [0.05, 0.1) is 5.69 Å². The first kappa shape index (κ1) is 33.4. The van der Waals surface area contributed by atoms with Gasteiger partial charge in [-0.2, -0.15) is 8.78 Å². The van der Waals surface area contributed by atoms with Crippen molar-refractivity contribution < 1.29 is 18.3 Å². The summed E-state index contributed by atoms with van der Waals surface area (Å²) in [5.41, 5.74) is 2.85. The van der Waals surface area contributed by atoms with Crippen molar-refractivity contribution in [3.8, 4) is 5.75 Å². The Hall–Kier alpha value is -1.78. The minimum atomic E-state index is -2.79. The minimum absolute atomic E-state index is 0.171. The summed E-state index contributed by atoms with van der Waals surface area (Å²) in [5.74, 6) is 1.60. The molecule has 1 aromatic rings. The third kappa shape index (κ3) is 19.4. The Bertz CT molecular complexity index is 675. The fourth-order valence-corrected chi connectivity index (χ4v) is 2.88. The highest BCUT2D eigenvalue weighted by Crippen LogP contribution is 2.25. The summed E-state index contributed by atoms with van der Waals surface area (Å²) in [4.78, 5) is 15.3. The summed E-state index contributed by atoms with van der Waals surface area (Å²) in [6, 6.07) is 4.79. The van der Waals surface area contributed by atoms with Crippen LogP contribution < -0.4 is 4.74 Å². The number of carbonyl (C=O) groups excluding carboxylic acids is 1. The first-order chi connectivity index (χ1) is 15.4. The molecule has 3 nitrogen and oxygen atoms in total. The fraction of sp³-hybridized carbons (Fsp3) is 0.714. The second-order valence-corrected chi connectivity index (χ2v) is 9.59. The molecule has 0 spiro atoms. The van der Waals surface area contributed by atoms with E-state index in [1.165, 1.54) is 25.3 Å². The Kier molecular flexibility index (Phi) is 18.8. The van der Waals surface area contributed by atoms with Crippen molar-refractivity contribution in [1.82, 2.24) is 0 Å². The minimum Gasteiger partial charge on any atom is -0.435 e. The zero-order valence-corrected chi connectivity index (χ0v) is 22.9. The maximum Gasteiger partial charge on any atom is 0.387 e. The summed E-state index contributed by atoms with van der Waals surface area (Å²) in [7, 11) is 0. The Morgan fingerprint density at radius 2 is 1.73 bits per heavy atom. The molecule has 0 aromatic heterocycles. The average Bonchev–Trinajstić information content (AvgIpc) is 2.69. The largest absolute Gasteiger partial charge is 0.435 e. The molecular formula is C28H49F2NO2. The number of ketones is 1. The van der Waals surface area contributed by atoms with Crippen LogP contribution in [0.2, 0.25) is 0 Å². The predicted octanol–water partition coefficient (Wildman–Crippen LogP) is 9.72. The van der Waals surface area contributed by atoms with Crippen LogP contribution in [0.25, 0.3) is 0 Å². The molecule has 2 rings (SSSR count). The second kappa shape index (κ2) is 18.6. The zero-order valence-electron chi connectivity index (χ0n) is 22.9. The van der Waals surface area contributed by atoms with E-state index in [1.54, 1.807) is 12.1 Å². The van der Waals surface area contributed by atoms with Gasteiger partial charge in [0.2, 0.25) is 0 Å². The van der Waals surface area contributed by atoms with Gasteiger partial charge in [-0.15, -0.1) is 0 Å². The summed E-state index contributed by atoms with van der Waals surface area (Å²) in [6.45, 7) is 17.6. The number of ether oxygens (including phenoxy) is 1. The lowest BCUT2D eigenvalue weighted by atomic mass is 9.88. The lowest BCUT2D eigenvalue weighted by molar-refractivity contribution is -0.120. The van der Waals surface area contributed by atoms with Gasteiger partial charge >= 0.3 is 6.61 Å². The van der Waals surface area contributed by atoms with Gasteiger partial charge in [-0.3, -0.25) is 9.79 Å². The number of Topliss-reactive ketones (excluding diaryl/α,β-unsaturated/α-hetero) is 1. The fourth-order valence-electron chi connectivity index (χ4n) is 2.88. The first-order valence-corrected chi connectivity index (χ1v) is 12.5. The van der Waals surface area contributed by atoms with Crippen LogP contribution in [0.15, 0.2) is 23.2 Å². The topological polar surface area (TPSA) is 38.7 Å². The second-order valence-electron chi connectivity index (χ2n) is 9.59. The lowest BCUT2D eigenvalue weighted by Gasteiger charge is -2.18. The van der Waals surface area contributed by atoms with Gasteiger partial charge in [0.1, 0.15) is 11.5 Å². The highest BCUT2D eigenvalue weighted by molar-refractivity contribution is 5.84. The van der Waals surface area contributed by atoms with Gasteiger partial charge in [0, 0.05) is 18.6 Å². The molecule has 1 saturated carbocycles. The van der Waals surface area contributed by atoms with Gasteiger partial charge in [-0.1, -0.05) is 81.1 Å². The van der Waals surface area contributed by atoms with E-state index in [4.69, 9.17) is 0 Å². The van der Waals surface area contributed by atoms with Crippen molar-refractivity contribution in [2.45, 2.75) is 121 Å². The molecule has 0 N–H and O–H groups in total.